The Morgan fingerprint density at radius 2 is 1.45 bits per heavy atom. The molecule has 0 radical (unpaired) electrons. The van der Waals surface area contributed by atoms with E-state index in [1.54, 1.807) is 0 Å². The molecule has 0 aliphatic carbocycles. The van der Waals surface area contributed by atoms with Gasteiger partial charge in [0, 0.05) is 12.4 Å². The van der Waals surface area contributed by atoms with E-state index >= 15 is 0 Å². The highest BCUT2D eigenvalue weighted by Crippen LogP contribution is 2.21. The zero-order chi connectivity index (χ0) is 14.2. The van der Waals surface area contributed by atoms with E-state index < -0.39 is 0 Å². The maximum atomic E-state index is 11.9. The Morgan fingerprint density at radius 1 is 0.950 bits per heavy atom. The summed E-state index contributed by atoms with van der Waals surface area (Å²) in [6, 6.07) is 19.4. The number of hydrogen-bond acceptors (Lipinski definition) is 1. The normalized spacial score (nSPS) is 10.3. The lowest BCUT2D eigenvalue weighted by molar-refractivity contribution is 0.239. The zero-order valence-electron chi connectivity index (χ0n) is 11.1. The van der Waals surface area contributed by atoms with Gasteiger partial charge in [0.05, 0.1) is 6.04 Å². The highest BCUT2D eigenvalue weighted by atomic mass is 35.5. The first-order chi connectivity index (χ1) is 9.81. The van der Waals surface area contributed by atoms with E-state index in [1.165, 1.54) is 0 Å². The van der Waals surface area contributed by atoms with Crippen LogP contribution in [0.15, 0.2) is 60.7 Å². The van der Waals surface area contributed by atoms with Crippen LogP contribution in [0.1, 0.15) is 17.2 Å². The van der Waals surface area contributed by atoms with Crippen molar-refractivity contribution >= 4 is 17.6 Å². The minimum absolute atomic E-state index is 0.173. The SMILES string of the molecule is O=C(NCCCl)NC(c1ccccc1)c1ccccc1. The van der Waals surface area contributed by atoms with Crippen molar-refractivity contribution in [1.29, 1.82) is 0 Å². The zero-order valence-corrected chi connectivity index (χ0v) is 11.8. The van der Waals surface area contributed by atoms with Gasteiger partial charge in [-0.2, -0.15) is 0 Å². The molecule has 104 valence electrons. The van der Waals surface area contributed by atoms with E-state index in [0.717, 1.165) is 11.1 Å². The van der Waals surface area contributed by atoms with Crippen molar-refractivity contribution in [3.05, 3.63) is 71.8 Å². The first-order valence-corrected chi connectivity index (χ1v) is 7.05. The van der Waals surface area contributed by atoms with Gasteiger partial charge in [-0.05, 0) is 11.1 Å². The Labute approximate surface area is 124 Å². The van der Waals surface area contributed by atoms with Crippen molar-refractivity contribution in [2.24, 2.45) is 0 Å². The van der Waals surface area contributed by atoms with Gasteiger partial charge in [-0.1, -0.05) is 60.7 Å². The van der Waals surface area contributed by atoms with Gasteiger partial charge in [-0.15, -0.1) is 11.6 Å². The summed E-state index contributed by atoms with van der Waals surface area (Å²) in [4.78, 5) is 11.9. The number of alkyl halides is 1. The smallest absolute Gasteiger partial charge is 0.315 e. The van der Waals surface area contributed by atoms with Gasteiger partial charge in [0.2, 0.25) is 0 Å². The fraction of sp³-hybridized carbons (Fsp3) is 0.188. The van der Waals surface area contributed by atoms with E-state index in [2.05, 4.69) is 10.6 Å². The molecule has 0 aliphatic heterocycles. The monoisotopic (exact) mass is 288 g/mol. The quantitative estimate of drug-likeness (QED) is 0.814. The highest BCUT2D eigenvalue weighted by Gasteiger charge is 2.15. The molecule has 0 aromatic heterocycles. The summed E-state index contributed by atoms with van der Waals surface area (Å²) >= 11 is 5.57. The molecule has 2 N–H and O–H groups in total. The second-order valence-electron chi connectivity index (χ2n) is 4.34. The molecule has 2 aromatic rings. The van der Waals surface area contributed by atoms with Crippen LogP contribution < -0.4 is 10.6 Å². The number of urea groups is 1. The van der Waals surface area contributed by atoms with Crippen LogP contribution in [-0.2, 0) is 0 Å². The van der Waals surface area contributed by atoms with Gasteiger partial charge in [0.1, 0.15) is 0 Å². The molecule has 0 heterocycles. The lowest BCUT2D eigenvalue weighted by Crippen LogP contribution is -2.39. The predicted molar refractivity (Wildman–Crippen MR) is 82.0 cm³/mol. The Morgan fingerprint density at radius 3 is 1.90 bits per heavy atom. The second kappa shape index (κ2) is 7.56. The van der Waals surface area contributed by atoms with Crippen LogP contribution in [-0.4, -0.2) is 18.5 Å². The van der Waals surface area contributed by atoms with E-state index in [0.29, 0.717) is 12.4 Å². The molecular formula is C16H17ClN2O. The molecular weight excluding hydrogens is 272 g/mol. The highest BCUT2D eigenvalue weighted by molar-refractivity contribution is 6.18. The molecule has 0 saturated carbocycles. The van der Waals surface area contributed by atoms with Crippen LogP contribution in [0.5, 0.6) is 0 Å². The van der Waals surface area contributed by atoms with Crippen LogP contribution in [0.2, 0.25) is 0 Å². The number of nitrogens with one attached hydrogen (secondary N) is 2. The number of rotatable bonds is 5. The summed E-state index contributed by atoms with van der Waals surface area (Å²) in [7, 11) is 0. The van der Waals surface area contributed by atoms with Gasteiger partial charge in [0.15, 0.2) is 0 Å². The number of hydrogen-bond donors (Lipinski definition) is 2. The largest absolute Gasteiger partial charge is 0.337 e. The van der Waals surface area contributed by atoms with E-state index in [1.807, 2.05) is 60.7 Å². The molecule has 0 bridgehead atoms. The lowest BCUT2D eigenvalue weighted by atomic mass is 9.99. The maximum Gasteiger partial charge on any atom is 0.315 e. The van der Waals surface area contributed by atoms with Crippen molar-refractivity contribution in [3.8, 4) is 0 Å². The molecule has 0 aliphatic rings. The third kappa shape index (κ3) is 4.00. The summed E-state index contributed by atoms with van der Waals surface area (Å²) in [5.74, 6) is 0.398. The minimum atomic E-state index is -0.219. The maximum absolute atomic E-state index is 11.9. The average Bonchev–Trinajstić information content (AvgIpc) is 2.52. The molecule has 3 nitrogen and oxygen atoms in total. The lowest BCUT2D eigenvalue weighted by Gasteiger charge is -2.20. The molecule has 4 heteroatoms. The van der Waals surface area contributed by atoms with E-state index in [-0.39, 0.29) is 12.1 Å². The van der Waals surface area contributed by atoms with Gasteiger partial charge in [-0.25, -0.2) is 4.79 Å². The molecule has 20 heavy (non-hydrogen) atoms. The minimum Gasteiger partial charge on any atom is -0.337 e. The van der Waals surface area contributed by atoms with E-state index in [9.17, 15) is 4.79 Å². The van der Waals surface area contributed by atoms with Crippen LogP contribution in [0.3, 0.4) is 0 Å². The Kier molecular flexibility index (Phi) is 5.44. The van der Waals surface area contributed by atoms with Crippen LogP contribution in [0.25, 0.3) is 0 Å². The van der Waals surface area contributed by atoms with Crippen LogP contribution in [0, 0.1) is 0 Å². The number of halogens is 1. The number of carbonyl (C=O) groups is 1. The van der Waals surface area contributed by atoms with Crippen molar-refractivity contribution in [2.75, 3.05) is 12.4 Å². The standard InChI is InChI=1S/C16H17ClN2O/c17-11-12-18-16(20)19-15(13-7-3-1-4-8-13)14-9-5-2-6-10-14/h1-10,15H,11-12H2,(H2,18,19,20). The van der Waals surface area contributed by atoms with Crippen molar-refractivity contribution in [2.45, 2.75) is 6.04 Å². The van der Waals surface area contributed by atoms with Crippen LogP contribution >= 0.6 is 11.6 Å². The fourth-order valence-corrected chi connectivity index (χ4v) is 2.09. The summed E-state index contributed by atoms with van der Waals surface area (Å²) in [6.45, 7) is 0.448. The van der Waals surface area contributed by atoms with E-state index in [4.69, 9.17) is 11.6 Å². The Bertz CT molecular complexity index is 491. The molecule has 2 amide bonds. The number of carbonyl (C=O) groups excluding carboxylic acids is 1. The van der Waals surface area contributed by atoms with Crippen molar-refractivity contribution in [1.82, 2.24) is 10.6 Å². The van der Waals surface area contributed by atoms with Crippen molar-refractivity contribution < 1.29 is 4.79 Å². The van der Waals surface area contributed by atoms with Gasteiger partial charge in [0.25, 0.3) is 0 Å². The Balaban J connectivity index is 2.19. The second-order valence-corrected chi connectivity index (χ2v) is 4.72. The molecule has 0 unspecified atom stereocenters. The topological polar surface area (TPSA) is 41.1 Å². The third-order valence-electron chi connectivity index (χ3n) is 2.92. The van der Waals surface area contributed by atoms with Gasteiger partial charge >= 0.3 is 6.03 Å². The van der Waals surface area contributed by atoms with Crippen molar-refractivity contribution in [3.63, 3.8) is 0 Å². The molecule has 2 aromatic carbocycles. The molecule has 0 atom stereocenters. The Hall–Kier alpha value is -2.00. The first-order valence-electron chi connectivity index (χ1n) is 6.51. The molecule has 2 rings (SSSR count). The molecule has 0 fully saturated rings. The van der Waals surface area contributed by atoms with Gasteiger partial charge in [-0.3, -0.25) is 0 Å². The molecule has 0 spiro atoms. The summed E-state index contributed by atoms with van der Waals surface area (Å²) in [5, 5.41) is 5.70. The number of amides is 2. The average molecular weight is 289 g/mol. The predicted octanol–water partition coefficient (Wildman–Crippen LogP) is 3.31. The summed E-state index contributed by atoms with van der Waals surface area (Å²) in [5.41, 5.74) is 2.08. The fourth-order valence-electron chi connectivity index (χ4n) is 1.99. The molecule has 0 saturated heterocycles. The summed E-state index contributed by atoms with van der Waals surface area (Å²) in [6.07, 6.45) is 0. The number of benzene rings is 2. The first kappa shape index (κ1) is 14.4. The summed E-state index contributed by atoms with van der Waals surface area (Å²) < 4.78 is 0. The van der Waals surface area contributed by atoms with Crippen LogP contribution in [0.4, 0.5) is 4.79 Å². The van der Waals surface area contributed by atoms with Gasteiger partial charge < -0.3 is 10.6 Å². The third-order valence-corrected chi connectivity index (χ3v) is 3.11.